The molecule has 2 saturated heterocycles. The molecule has 362 valence electrons. The van der Waals surface area contributed by atoms with Gasteiger partial charge in [0.15, 0.2) is 5.78 Å². The second kappa shape index (κ2) is 23.7. The molecule has 3 N–H and O–H groups in total. The number of amides is 2. The largest absolute Gasteiger partial charge is 0.478 e. The summed E-state index contributed by atoms with van der Waals surface area (Å²) in [6, 6.07) is 56.3. The van der Waals surface area contributed by atoms with Gasteiger partial charge < -0.3 is 30.0 Å². The molecule has 2 fully saturated rings. The van der Waals surface area contributed by atoms with Gasteiger partial charge in [-0.1, -0.05) is 182 Å². The van der Waals surface area contributed by atoms with Crippen LogP contribution in [0.4, 0.5) is 0 Å². The number of benzene rings is 6. The highest BCUT2D eigenvalue weighted by Crippen LogP contribution is 2.38. The smallest absolute Gasteiger partial charge is 0.344 e. The molecule has 0 aliphatic carbocycles. The van der Waals surface area contributed by atoms with Crippen LogP contribution in [0.1, 0.15) is 69.6 Å². The minimum Gasteiger partial charge on any atom is -0.478 e. The molecule has 0 bridgehead atoms. The molecule has 6 aromatic rings. The predicted molar refractivity (Wildman–Crippen MR) is 272 cm³/mol. The number of carbonyl (C=O) groups excluding carboxylic acids is 6. The zero-order valence-corrected chi connectivity index (χ0v) is 39.0. The van der Waals surface area contributed by atoms with Crippen molar-refractivity contribution >= 4 is 58.7 Å². The molecule has 2 amide bonds. The molecular formula is C60H46N2O11. The maximum Gasteiger partial charge on any atom is 0.344 e. The molecule has 11 rings (SSSR count). The summed E-state index contributed by atoms with van der Waals surface area (Å²) in [5.74, 6) is -1.80. The van der Waals surface area contributed by atoms with E-state index in [2.05, 4.69) is 10.6 Å². The summed E-state index contributed by atoms with van der Waals surface area (Å²) in [6.07, 6.45) is 8.00. The van der Waals surface area contributed by atoms with E-state index < -0.39 is 17.9 Å². The highest BCUT2D eigenvalue weighted by molar-refractivity contribution is 6.14. The van der Waals surface area contributed by atoms with Crippen molar-refractivity contribution < 1.29 is 52.9 Å². The first-order chi connectivity index (χ1) is 35.5. The van der Waals surface area contributed by atoms with Crippen LogP contribution in [0.2, 0.25) is 0 Å². The van der Waals surface area contributed by atoms with E-state index in [-0.39, 0.29) is 41.3 Å². The number of rotatable bonds is 8. The number of ether oxygens (including phenoxy) is 3. The molecule has 0 radical (unpaired) electrons. The van der Waals surface area contributed by atoms with Crippen molar-refractivity contribution in [2.24, 2.45) is 0 Å². The summed E-state index contributed by atoms with van der Waals surface area (Å²) >= 11 is 0. The third-order valence-electron chi connectivity index (χ3n) is 11.7. The fourth-order valence-corrected chi connectivity index (χ4v) is 8.07. The number of carboxylic acids is 1. The summed E-state index contributed by atoms with van der Waals surface area (Å²) in [5.41, 5.74) is 7.55. The Balaban J connectivity index is 0.000000136. The van der Waals surface area contributed by atoms with E-state index in [0.29, 0.717) is 53.1 Å². The quantitative estimate of drug-likeness (QED) is 0.0569. The van der Waals surface area contributed by atoms with Crippen molar-refractivity contribution in [3.05, 3.63) is 268 Å². The van der Waals surface area contributed by atoms with Gasteiger partial charge in [0.25, 0.3) is 5.91 Å². The lowest BCUT2D eigenvalue weighted by Crippen LogP contribution is -2.21. The number of carbonyl (C=O) groups is 7. The van der Waals surface area contributed by atoms with Crippen LogP contribution >= 0.6 is 0 Å². The predicted octanol–water partition coefficient (Wildman–Crippen LogP) is 9.77. The summed E-state index contributed by atoms with van der Waals surface area (Å²) in [6.45, 7) is 0. The van der Waals surface area contributed by atoms with Gasteiger partial charge in [0, 0.05) is 46.9 Å². The van der Waals surface area contributed by atoms with Gasteiger partial charge in [-0.2, -0.15) is 0 Å². The highest BCUT2D eigenvalue weighted by Gasteiger charge is 2.37. The Morgan fingerprint density at radius 3 is 1.62 bits per heavy atom. The van der Waals surface area contributed by atoms with Crippen LogP contribution in [-0.4, -0.2) is 46.6 Å². The fraction of sp³-hybridized carbons (Fsp3) is 0.0833. The molecule has 2 unspecified atom stereocenters. The highest BCUT2D eigenvalue weighted by atomic mass is 16.6. The number of aliphatic carboxylic acids is 1. The van der Waals surface area contributed by atoms with E-state index in [4.69, 9.17) is 19.3 Å². The van der Waals surface area contributed by atoms with E-state index in [0.717, 1.165) is 45.7 Å². The number of hydrogen-bond donors (Lipinski definition) is 3. The van der Waals surface area contributed by atoms with Gasteiger partial charge in [-0.15, -0.1) is 0 Å². The van der Waals surface area contributed by atoms with E-state index in [1.54, 1.807) is 48.6 Å². The number of esters is 3. The van der Waals surface area contributed by atoms with Crippen LogP contribution in [0, 0.1) is 0 Å². The van der Waals surface area contributed by atoms with Crippen LogP contribution in [0.25, 0.3) is 17.2 Å². The van der Waals surface area contributed by atoms with Crippen molar-refractivity contribution in [1.29, 1.82) is 0 Å². The van der Waals surface area contributed by atoms with Gasteiger partial charge in [-0.25, -0.2) is 14.4 Å². The number of nitrogens with one attached hydrogen (secondary N) is 2. The Bertz CT molecular complexity index is 3090. The fourth-order valence-electron chi connectivity index (χ4n) is 8.07. The van der Waals surface area contributed by atoms with Gasteiger partial charge in [-0.3, -0.25) is 19.2 Å². The second-order valence-corrected chi connectivity index (χ2v) is 16.6. The Labute approximate surface area is 420 Å². The van der Waals surface area contributed by atoms with Crippen molar-refractivity contribution in [3.8, 4) is 0 Å². The first kappa shape index (κ1) is 49.7. The first-order valence-electron chi connectivity index (χ1n) is 23.1. The average molecular weight is 971 g/mol. The molecule has 5 heterocycles. The van der Waals surface area contributed by atoms with E-state index in [1.807, 2.05) is 152 Å². The van der Waals surface area contributed by atoms with Crippen molar-refractivity contribution in [2.75, 3.05) is 0 Å². The maximum atomic E-state index is 12.4. The number of cyclic esters (lactones) is 3. The third-order valence-corrected chi connectivity index (χ3v) is 11.7. The van der Waals surface area contributed by atoms with Crippen molar-refractivity contribution in [1.82, 2.24) is 10.6 Å². The molecule has 0 spiro atoms. The van der Waals surface area contributed by atoms with Crippen molar-refractivity contribution in [3.63, 3.8) is 0 Å². The summed E-state index contributed by atoms with van der Waals surface area (Å²) in [4.78, 5) is 81.1. The standard InChI is InChI=1S/C20H16N2O2.C20H14O4.C10H8O3.C10H8O2/c23-19-15(11-17(21-19)13-7-3-1-4-8-13)16-12-18(22-20(16)24)14-9-5-2-6-10-14;21-19-15(11-17(23-19)13-7-3-1-4-8-13)16-12-18(24-20(16)22)14-9-5-2-6-10-14;11-9(6-7-10(12)13)8-4-2-1-3-5-8;11-10-7-6-9(12-10)8-4-2-1-3-5-8/h1-11,18H,12H2,(H,21,23)(H,22,24);1-11,18H,12H2;1-7H,(H,12,13);1-6H,7H2/b2*16-15+;7-6+;. The number of allylic oxidation sites excluding steroid dienone is 1. The van der Waals surface area contributed by atoms with Gasteiger partial charge in [-0.05, 0) is 41.0 Å². The summed E-state index contributed by atoms with van der Waals surface area (Å²) < 4.78 is 15.7. The van der Waals surface area contributed by atoms with Gasteiger partial charge >= 0.3 is 23.9 Å². The monoisotopic (exact) mass is 970 g/mol. The molecule has 5 aliphatic heterocycles. The minimum atomic E-state index is -1.12. The molecular weight excluding hydrogens is 925 g/mol. The number of hydrogen-bond acceptors (Lipinski definition) is 10. The first-order valence-corrected chi connectivity index (χ1v) is 23.1. The maximum absolute atomic E-state index is 12.4. The molecule has 6 aromatic carbocycles. The van der Waals surface area contributed by atoms with Crippen LogP contribution in [-0.2, 0) is 43.0 Å². The number of ketones is 1. The molecule has 13 nitrogen and oxygen atoms in total. The van der Waals surface area contributed by atoms with Crippen LogP contribution in [0.5, 0.6) is 0 Å². The lowest BCUT2D eigenvalue weighted by molar-refractivity contribution is -0.139. The zero-order valence-electron chi connectivity index (χ0n) is 39.0. The normalized spacial score (nSPS) is 19.5. The number of carboxylic acid groups (broad SMARTS) is 1. The van der Waals surface area contributed by atoms with Gasteiger partial charge in [0.05, 0.1) is 29.2 Å². The lowest BCUT2D eigenvalue weighted by Gasteiger charge is -2.08. The Hall–Kier alpha value is -9.75. The Morgan fingerprint density at radius 2 is 1.05 bits per heavy atom. The van der Waals surface area contributed by atoms with Crippen molar-refractivity contribution in [2.45, 2.75) is 31.4 Å². The van der Waals surface area contributed by atoms with Gasteiger partial charge in [0.2, 0.25) is 5.91 Å². The van der Waals surface area contributed by atoms with E-state index in [1.165, 1.54) is 0 Å². The zero-order chi connectivity index (χ0) is 51.1. The topological polar surface area (TPSA) is 191 Å². The summed E-state index contributed by atoms with van der Waals surface area (Å²) in [7, 11) is 0. The van der Waals surface area contributed by atoms with Crippen LogP contribution < -0.4 is 10.6 Å². The Morgan fingerprint density at radius 1 is 0.521 bits per heavy atom. The minimum absolute atomic E-state index is 0.0804. The van der Waals surface area contributed by atoms with Crippen LogP contribution in [0.3, 0.4) is 0 Å². The van der Waals surface area contributed by atoms with Gasteiger partial charge in [0.1, 0.15) is 17.6 Å². The molecule has 73 heavy (non-hydrogen) atoms. The van der Waals surface area contributed by atoms with E-state index in [9.17, 15) is 33.6 Å². The molecule has 0 saturated carbocycles. The molecule has 13 heteroatoms. The third kappa shape index (κ3) is 12.9. The van der Waals surface area contributed by atoms with Crippen LogP contribution in [0.15, 0.2) is 235 Å². The Kier molecular flexibility index (Phi) is 16.1. The second-order valence-electron chi connectivity index (χ2n) is 16.6. The SMILES string of the molecule is O=C(O)/C=C/C(=O)c1ccccc1.O=C1CC=C(c2ccccc2)O1.O=C1NC(c2ccccc2)=C/C1=C1/CC(c2ccccc2)NC1=O.O=C1OC(c2ccccc2)=C/C1=C1/CC(c2ccccc2)OC1=O. The molecule has 0 aromatic heterocycles. The van der Waals surface area contributed by atoms with E-state index >= 15 is 0 Å². The molecule has 5 aliphatic rings. The lowest BCUT2D eigenvalue weighted by atomic mass is 10.00. The summed E-state index contributed by atoms with van der Waals surface area (Å²) in [5, 5.41) is 14.1. The molecule has 2 atom stereocenters. The average Bonchev–Trinajstić information content (AvgIpc) is 4.29.